The Labute approximate surface area is 91.0 Å². The fourth-order valence-corrected chi connectivity index (χ4v) is 2.33. The first-order chi connectivity index (χ1) is 7.22. The molecule has 0 unspecified atom stereocenters. The van der Waals surface area contributed by atoms with Crippen molar-refractivity contribution in [2.24, 2.45) is 0 Å². The van der Waals surface area contributed by atoms with Crippen LogP contribution in [0.4, 0.5) is 5.69 Å². The number of anilines is 1. The summed E-state index contributed by atoms with van der Waals surface area (Å²) in [5, 5.41) is 1.86. The van der Waals surface area contributed by atoms with Crippen LogP contribution in [0, 0.1) is 0 Å². The molecule has 1 amide bonds. The SMILES string of the molecule is COC(=O)[C@@H]1Sc2ccccc2NC1=O. The van der Waals surface area contributed by atoms with Crippen LogP contribution in [0.15, 0.2) is 29.2 Å². The van der Waals surface area contributed by atoms with E-state index in [0.717, 1.165) is 10.6 Å². The fourth-order valence-electron chi connectivity index (χ4n) is 1.31. The Balaban J connectivity index is 2.29. The van der Waals surface area contributed by atoms with Crippen LogP contribution in [0.3, 0.4) is 0 Å². The zero-order valence-electron chi connectivity index (χ0n) is 8.02. The molecule has 15 heavy (non-hydrogen) atoms. The number of esters is 1. The number of hydrogen-bond donors (Lipinski definition) is 1. The molecule has 0 saturated carbocycles. The summed E-state index contributed by atoms with van der Waals surface area (Å²) >= 11 is 1.21. The van der Waals surface area contributed by atoms with Crippen molar-refractivity contribution in [3.63, 3.8) is 0 Å². The Morgan fingerprint density at radius 1 is 1.47 bits per heavy atom. The summed E-state index contributed by atoms with van der Waals surface area (Å²) in [5.74, 6) is -0.849. The van der Waals surface area contributed by atoms with Gasteiger partial charge in [-0.15, -0.1) is 0 Å². The highest BCUT2D eigenvalue weighted by molar-refractivity contribution is 8.01. The summed E-state index contributed by atoms with van der Waals surface area (Å²) in [7, 11) is 1.27. The normalized spacial score (nSPS) is 19.0. The van der Waals surface area contributed by atoms with Crippen LogP contribution in [0.5, 0.6) is 0 Å². The Kier molecular flexibility index (Phi) is 2.64. The molecule has 0 saturated heterocycles. The van der Waals surface area contributed by atoms with E-state index in [1.165, 1.54) is 18.9 Å². The number of para-hydroxylation sites is 1. The quantitative estimate of drug-likeness (QED) is 0.575. The zero-order chi connectivity index (χ0) is 10.8. The number of rotatable bonds is 1. The first kappa shape index (κ1) is 10.0. The molecule has 0 fully saturated rings. The molecule has 0 bridgehead atoms. The lowest BCUT2D eigenvalue weighted by Gasteiger charge is -2.21. The minimum atomic E-state index is -0.801. The topological polar surface area (TPSA) is 55.4 Å². The van der Waals surface area contributed by atoms with Gasteiger partial charge in [-0.25, -0.2) is 0 Å². The highest BCUT2D eigenvalue weighted by atomic mass is 32.2. The van der Waals surface area contributed by atoms with Gasteiger partial charge in [0.1, 0.15) is 0 Å². The van der Waals surface area contributed by atoms with Gasteiger partial charge in [0.05, 0.1) is 12.8 Å². The molecule has 2 rings (SSSR count). The van der Waals surface area contributed by atoms with Crippen molar-refractivity contribution in [2.75, 3.05) is 12.4 Å². The average Bonchev–Trinajstić information content (AvgIpc) is 2.27. The predicted octanol–water partition coefficient (Wildman–Crippen LogP) is 1.27. The van der Waals surface area contributed by atoms with Crippen molar-refractivity contribution in [3.05, 3.63) is 24.3 Å². The summed E-state index contributed by atoms with van der Waals surface area (Å²) in [4.78, 5) is 23.7. The molecule has 1 aromatic carbocycles. The van der Waals surface area contributed by atoms with E-state index in [9.17, 15) is 9.59 Å². The maximum atomic E-state index is 11.5. The Hall–Kier alpha value is -1.49. The second-order valence-corrected chi connectivity index (χ2v) is 4.15. The maximum Gasteiger partial charge on any atom is 0.328 e. The van der Waals surface area contributed by atoms with Gasteiger partial charge in [0.2, 0.25) is 5.91 Å². The lowest BCUT2D eigenvalue weighted by Crippen LogP contribution is -2.35. The number of ether oxygens (including phenoxy) is 1. The summed E-state index contributed by atoms with van der Waals surface area (Å²) in [6.07, 6.45) is 0. The third-order valence-corrected chi connectivity index (χ3v) is 3.30. The van der Waals surface area contributed by atoms with Crippen molar-refractivity contribution in [1.82, 2.24) is 0 Å². The monoisotopic (exact) mass is 223 g/mol. The largest absolute Gasteiger partial charge is 0.468 e. The number of benzene rings is 1. The minimum absolute atomic E-state index is 0.328. The molecular weight excluding hydrogens is 214 g/mol. The lowest BCUT2D eigenvalue weighted by atomic mass is 10.3. The number of carbonyl (C=O) groups excluding carboxylic acids is 2. The highest BCUT2D eigenvalue weighted by Gasteiger charge is 2.33. The number of methoxy groups -OCH3 is 1. The molecule has 1 aromatic rings. The van der Waals surface area contributed by atoms with Crippen LogP contribution < -0.4 is 5.32 Å². The van der Waals surface area contributed by atoms with E-state index in [4.69, 9.17) is 0 Å². The van der Waals surface area contributed by atoms with Crippen LogP contribution in [0.25, 0.3) is 0 Å². The van der Waals surface area contributed by atoms with Gasteiger partial charge in [0.25, 0.3) is 0 Å². The van der Waals surface area contributed by atoms with E-state index in [-0.39, 0.29) is 5.91 Å². The van der Waals surface area contributed by atoms with E-state index in [1.54, 1.807) is 6.07 Å². The molecule has 0 aromatic heterocycles. The van der Waals surface area contributed by atoms with Crippen molar-refractivity contribution < 1.29 is 14.3 Å². The van der Waals surface area contributed by atoms with Gasteiger partial charge in [0.15, 0.2) is 5.25 Å². The zero-order valence-corrected chi connectivity index (χ0v) is 8.84. The molecule has 0 aliphatic carbocycles. The van der Waals surface area contributed by atoms with E-state index in [0.29, 0.717) is 0 Å². The molecule has 1 N–H and O–H groups in total. The van der Waals surface area contributed by atoms with Crippen LogP contribution in [0.1, 0.15) is 0 Å². The number of carbonyl (C=O) groups is 2. The number of fused-ring (bicyclic) bond motifs is 1. The molecular formula is C10H9NO3S. The molecule has 1 aliphatic heterocycles. The molecule has 0 spiro atoms. The average molecular weight is 223 g/mol. The van der Waals surface area contributed by atoms with Gasteiger partial charge >= 0.3 is 5.97 Å². The van der Waals surface area contributed by atoms with Crippen molar-refractivity contribution in [1.29, 1.82) is 0 Å². The minimum Gasteiger partial charge on any atom is -0.468 e. The van der Waals surface area contributed by atoms with E-state index in [2.05, 4.69) is 10.1 Å². The molecule has 0 radical (unpaired) electrons. The number of amides is 1. The van der Waals surface area contributed by atoms with Crippen LogP contribution in [0.2, 0.25) is 0 Å². The smallest absolute Gasteiger partial charge is 0.328 e. The van der Waals surface area contributed by atoms with E-state index < -0.39 is 11.2 Å². The second kappa shape index (κ2) is 3.94. The summed E-state index contributed by atoms with van der Waals surface area (Å²) in [5.41, 5.74) is 0.743. The fraction of sp³-hybridized carbons (Fsp3) is 0.200. The molecule has 1 aliphatic rings. The van der Waals surface area contributed by atoms with Crippen LogP contribution in [-0.2, 0) is 14.3 Å². The third kappa shape index (κ3) is 1.83. The predicted molar refractivity (Wildman–Crippen MR) is 56.7 cm³/mol. The second-order valence-electron chi connectivity index (χ2n) is 3.01. The summed E-state index contributed by atoms with van der Waals surface area (Å²) in [6, 6.07) is 7.35. The Morgan fingerprint density at radius 3 is 2.93 bits per heavy atom. The first-order valence-electron chi connectivity index (χ1n) is 4.37. The van der Waals surface area contributed by atoms with Gasteiger partial charge in [-0.1, -0.05) is 23.9 Å². The van der Waals surface area contributed by atoms with Crippen molar-refractivity contribution >= 4 is 29.3 Å². The molecule has 1 atom stereocenters. The van der Waals surface area contributed by atoms with Crippen molar-refractivity contribution in [3.8, 4) is 0 Å². The standard InChI is InChI=1S/C10H9NO3S/c1-14-10(13)8-9(12)11-6-4-2-3-5-7(6)15-8/h2-5,8H,1H3,(H,11,12)/t8-/m1/s1. The van der Waals surface area contributed by atoms with Crippen LogP contribution in [-0.4, -0.2) is 24.2 Å². The third-order valence-electron chi connectivity index (χ3n) is 2.04. The number of hydrogen-bond acceptors (Lipinski definition) is 4. The molecule has 4 nitrogen and oxygen atoms in total. The van der Waals surface area contributed by atoms with Crippen molar-refractivity contribution in [2.45, 2.75) is 10.1 Å². The summed E-state index contributed by atoms with van der Waals surface area (Å²) < 4.78 is 4.55. The van der Waals surface area contributed by atoms with Gasteiger partial charge in [-0.2, -0.15) is 0 Å². The van der Waals surface area contributed by atoms with Gasteiger partial charge in [-0.3, -0.25) is 9.59 Å². The van der Waals surface area contributed by atoms with E-state index in [1.807, 2.05) is 18.2 Å². The van der Waals surface area contributed by atoms with Gasteiger partial charge < -0.3 is 10.1 Å². The Bertz CT molecular complexity index is 419. The van der Waals surface area contributed by atoms with Gasteiger partial charge in [-0.05, 0) is 12.1 Å². The molecule has 1 heterocycles. The maximum absolute atomic E-state index is 11.5. The number of nitrogens with one attached hydrogen (secondary N) is 1. The van der Waals surface area contributed by atoms with Crippen LogP contribution >= 0.6 is 11.8 Å². The molecule has 78 valence electrons. The highest BCUT2D eigenvalue weighted by Crippen LogP contribution is 2.35. The molecule has 5 heteroatoms. The number of thioether (sulfide) groups is 1. The van der Waals surface area contributed by atoms with Gasteiger partial charge in [0, 0.05) is 4.90 Å². The van der Waals surface area contributed by atoms with E-state index >= 15 is 0 Å². The Morgan fingerprint density at radius 2 is 2.20 bits per heavy atom. The lowest BCUT2D eigenvalue weighted by molar-refractivity contribution is -0.142. The first-order valence-corrected chi connectivity index (χ1v) is 5.24. The summed E-state index contributed by atoms with van der Waals surface area (Å²) in [6.45, 7) is 0.